The summed E-state index contributed by atoms with van der Waals surface area (Å²) in [5, 5.41) is 16.6. The first-order chi connectivity index (χ1) is 13.6. The van der Waals surface area contributed by atoms with Gasteiger partial charge in [-0.2, -0.15) is 5.26 Å². The Labute approximate surface area is 164 Å². The summed E-state index contributed by atoms with van der Waals surface area (Å²) >= 11 is 0. The van der Waals surface area contributed by atoms with Crippen molar-refractivity contribution >= 4 is 17.6 Å². The molecule has 0 saturated heterocycles. The van der Waals surface area contributed by atoms with Crippen molar-refractivity contribution in [2.75, 3.05) is 18.4 Å². The number of carbonyl (C=O) groups excluding carboxylic acids is 2. The zero-order chi connectivity index (χ0) is 20.2. The first-order valence-corrected chi connectivity index (χ1v) is 9.10. The normalized spacial score (nSPS) is 9.86. The van der Waals surface area contributed by atoms with Crippen LogP contribution in [0.15, 0.2) is 48.5 Å². The molecule has 0 aromatic heterocycles. The molecule has 7 heteroatoms. The second-order valence-corrected chi connectivity index (χ2v) is 6.13. The van der Waals surface area contributed by atoms with Gasteiger partial charge in [0.1, 0.15) is 12.4 Å². The van der Waals surface area contributed by atoms with Crippen LogP contribution in [0.2, 0.25) is 0 Å². The lowest BCUT2D eigenvalue weighted by atomic mass is 10.1. The summed E-state index contributed by atoms with van der Waals surface area (Å²) in [6.07, 6.45) is 1.22. The first-order valence-electron chi connectivity index (χ1n) is 9.10. The van der Waals surface area contributed by atoms with Crippen LogP contribution in [0, 0.1) is 11.3 Å². The number of nitriles is 1. The number of anilines is 1. The zero-order valence-electron chi connectivity index (χ0n) is 15.8. The van der Waals surface area contributed by atoms with Crippen LogP contribution < -0.4 is 20.7 Å². The van der Waals surface area contributed by atoms with E-state index in [1.165, 1.54) is 0 Å². The van der Waals surface area contributed by atoms with Crippen molar-refractivity contribution in [3.05, 3.63) is 59.7 Å². The van der Waals surface area contributed by atoms with Gasteiger partial charge in [-0.15, -0.1) is 0 Å². The number of amides is 3. The average molecular weight is 380 g/mol. The molecule has 2 rings (SSSR count). The van der Waals surface area contributed by atoms with Gasteiger partial charge in [-0.1, -0.05) is 31.2 Å². The van der Waals surface area contributed by atoms with E-state index in [0.717, 1.165) is 17.5 Å². The van der Waals surface area contributed by atoms with Crippen LogP contribution in [-0.2, 0) is 17.8 Å². The minimum Gasteiger partial charge on any atom is -0.489 e. The molecule has 2 aromatic carbocycles. The lowest BCUT2D eigenvalue weighted by molar-refractivity contribution is -0.120. The summed E-state index contributed by atoms with van der Waals surface area (Å²) in [4.78, 5) is 23.4. The summed E-state index contributed by atoms with van der Waals surface area (Å²) in [7, 11) is 0. The van der Waals surface area contributed by atoms with Crippen LogP contribution in [-0.4, -0.2) is 25.0 Å². The van der Waals surface area contributed by atoms with Gasteiger partial charge in [-0.25, -0.2) is 4.79 Å². The fraction of sp³-hybridized carbons (Fsp3) is 0.286. The van der Waals surface area contributed by atoms with Crippen molar-refractivity contribution < 1.29 is 14.3 Å². The van der Waals surface area contributed by atoms with Crippen LogP contribution in [0.5, 0.6) is 5.75 Å². The highest BCUT2D eigenvalue weighted by molar-refractivity contribution is 5.92. The fourth-order valence-electron chi connectivity index (χ4n) is 2.36. The molecule has 0 heterocycles. The predicted octanol–water partition coefficient (Wildman–Crippen LogP) is 2.98. The molecule has 0 saturated carbocycles. The molecule has 146 valence electrons. The third-order valence-electron chi connectivity index (χ3n) is 3.78. The Balaban J connectivity index is 1.82. The van der Waals surface area contributed by atoms with Crippen LogP contribution >= 0.6 is 0 Å². The highest BCUT2D eigenvalue weighted by Gasteiger charge is 2.06. The van der Waals surface area contributed by atoms with Gasteiger partial charge in [0.25, 0.3) is 0 Å². The molecule has 28 heavy (non-hydrogen) atoms. The average Bonchev–Trinajstić information content (AvgIpc) is 2.71. The molecule has 0 atom stereocenters. The molecule has 0 unspecified atom stereocenters. The molecule has 0 fully saturated rings. The molecular weight excluding hydrogens is 356 g/mol. The summed E-state index contributed by atoms with van der Waals surface area (Å²) in [5.41, 5.74) is 2.44. The van der Waals surface area contributed by atoms with E-state index < -0.39 is 6.03 Å². The standard InChI is InChI=1S/C21H24N4O3/c1-2-12-23-20(26)14-24-21(27)25-18-5-3-4-17(13-18)15-28-19-8-6-16(7-9-19)10-11-22/h3-9,13H,2,10,12,14-15H2,1H3,(H,23,26)(H2,24,25,27). The number of rotatable bonds is 9. The number of urea groups is 1. The highest BCUT2D eigenvalue weighted by atomic mass is 16.5. The molecule has 0 aliphatic heterocycles. The van der Waals surface area contributed by atoms with Gasteiger partial charge >= 0.3 is 6.03 Å². The van der Waals surface area contributed by atoms with Gasteiger partial charge in [-0.05, 0) is 41.8 Å². The lowest BCUT2D eigenvalue weighted by Gasteiger charge is -2.10. The summed E-state index contributed by atoms with van der Waals surface area (Å²) in [6, 6.07) is 16.3. The molecule has 2 aromatic rings. The molecule has 0 aliphatic rings. The van der Waals surface area contributed by atoms with Crippen LogP contribution in [0.3, 0.4) is 0 Å². The molecule has 7 nitrogen and oxygen atoms in total. The highest BCUT2D eigenvalue weighted by Crippen LogP contribution is 2.16. The Bertz CT molecular complexity index is 828. The van der Waals surface area contributed by atoms with Crippen molar-refractivity contribution in [2.24, 2.45) is 0 Å². The van der Waals surface area contributed by atoms with Gasteiger partial charge < -0.3 is 20.7 Å². The number of hydrogen-bond acceptors (Lipinski definition) is 4. The number of ether oxygens (including phenoxy) is 1. The third-order valence-corrected chi connectivity index (χ3v) is 3.78. The molecule has 3 amide bonds. The number of nitrogens with one attached hydrogen (secondary N) is 3. The molecule has 0 spiro atoms. The monoisotopic (exact) mass is 380 g/mol. The topological polar surface area (TPSA) is 103 Å². The van der Waals surface area contributed by atoms with Crippen molar-refractivity contribution in [3.8, 4) is 11.8 Å². The predicted molar refractivity (Wildman–Crippen MR) is 107 cm³/mol. The van der Waals surface area contributed by atoms with E-state index >= 15 is 0 Å². The molecule has 0 bridgehead atoms. The van der Waals surface area contributed by atoms with E-state index in [2.05, 4.69) is 22.0 Å². The van der Waals surface area contributed by atoms with Crippen molar-refractivity contribution in [3.63, 3.8) is 0 Å². The Morgan fingerprint density at radius 2 is 1.86 bits per heavy atom. The van der Waals surface area contributed by atoms with Gasteiger partial charge in [0, 0.05) is 12.2 Å². The Morgan fingerprint density at radius 3 is 2.57 bits per heavy atom. The second kappa shape index (κ2) is 11.2. The van der Waals surface area contributed by atoms with Crippen molar-refractivity contribution in [1.29, 1.82) is 5.26 Å². The van der Waals surface area contributed by atoms with E-state index in [9.17, 15) is 9.59 Å². The van der Waals surface area contributed by atoms with E-state index in [-0.39, 0.29) is 12.5 Å². The Hall–Kier alpha value is -3.53. The van der Waals surface area contributed by atoms with Crippen molar-refractivity contribution in [2.45, 2.75) is 26.4 Å². The fourth-order valence-corrected chi connectivity index (χ4v) is 2.36. The van der Waals surface area contributed by atoms with Crippen LogP contribution in [0.25, 0.3) is 0 Å². The van der Waals surface area contributed by atoms with E-state index in [1.54, 1.807) is 12.1 Å². The number of hydrogen-bond donors (Lipinski definition) is 3. The Morgan fingerprint density at radius 1 is 1.07 bits per heavy atom. The van der Waals surface area contributed by atoms with E-state index in [4.69, 9.17) is 10.00 Å². The largest absolute Gasteiger partial charge is 0.489 e. The van der Waals surface area contributed by atoms with Gasteiger partial charge in [-0.3, -0.25) is 4.79 Å². The molecule has 0 aliphatic carbocycles. The minimum absolute atomic E-state index is 0.0730. The lowest BCUT2D eigenvalue weighted by Crippen LogP contribution is -2.39. The summed E-state index contributed by atoms with van der Waals surface area (Å²) in [6.45, 7) is 2.82. The van der Waals surface area contributed by atoms with E-state index in [1.807, 2.05) is 43.3 Å². The summed E-state index contributed by atoms with van der Waals surface area (Å²) in [5.74, 6) is 0.482. The van der Waals surface area contributed by atoms with Gasteiger partial charge in [0.15, 0.2) is 0 Å². The molecule has 0 radical (unpaired) electrons. The quantitative estimate of drug-likeness (QED) is 0.622. The zero-order valence-corrected chi connectivity index (χ0v) is 15.8. The molecule has 3 N–H and O–H groups in total. The SMILES string of the molecule is CCCNC(=O)CNC(=O)Nc1cccc(COc2ccc(CC#N)cc2)c1. The maximum Gasteiger partial charge on any atom is 0.319 e. The van der Waals surface area contributed by atoms with E-state index in [0.29, 0.717) is 31.0 Å². The smallest absolute Gasteiger partial charge is 0.319 e. The first kappa shape index (κ1) is 20.8. The van der Waals surface area contributed by atoms with Crippen molar-refractivity contribution in [1.82, 2.24) is 10.6 Å². The van der Waals surface area contributed by atoms with Crippen LogP contribution in [0.1, 0.15) is 24.5 Å². The number of benzene rings is 2. The maximum atomic E-state index is 11.9. The van der Waals surface area contributed by atoms with Gasteiger partial charge in [0.05, 0.1) is 19.0 Å². The van der Waals surface area contributed by atoms with Crippen LogP contribution in [0.4, 0.5) is 10.5 Å². The molecular formula is C21H24N4O3. The Kier molecular flexibility index (Phi) is 8.34. The number of carbonyl (C=O) groups is 2. The summed E-state index contributed by atoms with van der Waals surface area (Å²) < 4.78 is 5.74. The third kappa shape index (κ3) is 7.38. The van der Waals surface area contributed by atoms with Gasteiger partial charge in [0.2, 0.25) is 5.91 Å². The maximum absolute atomic E-state index is 11.9. The number of nitrogens with zero attached hydrogens (tertiary/aromatic N) is 1. The second-order valence-electron chi connectivity index (χ2n) is 6.13. The minimum atomic E-state index is -0.446.